The molecule has 6 heteroatoms. The Hall–Kier alpha value is -0.690. The third-order valence-electron chi connectivity index (χ3n) is 3.68. The van der Waals surface area contributed by atoms with Crippen LogP contribution in [-0.4, -0.2) is 63.4 Å². The number of carbonyl (C=O) groups excluding carboxylic acids is 1. The molecule has 0 spiro atoms. The van der Waals surface area contributed by atoms with E-state index in [4.69, 9.17) is 20.9 Å². The average molecular weight is 273 g/mol. The monoisotopic (exact) mass is 273 g/mol. The molecule has 4 N–H and O–H groups in total. The van der Waals surface area contributed by atoms with Gasteiger partial charge in [0, 0.05) is 40.5 Å². The minimum Gasteiger partial charge on any atom is -0.385 e. The summed E-state index contributed by atoms with van der Waals surface area (Å²) in [4.78, 5) is 13.8. The van der Waals surface area contributed by atoms with Crippen LogP contribution in [0.1, 0.15) is 19.3 Å². The van der Waals surface area contributed by atoms with Gasteiger partial charge in [0.15, 0.2) is 0 Å². The van der Waals surface area contributed by atoms with Crippen LogP contribution in [0, 0.1) is 5.92 Å². The van der Waals surface area contributed by atoms with Gasteiger partial charge in [-0.15, -0.1) is 0 Å². The van der Waals surface area contributed by atoms with E-state index in [2.05, 4.69) is 4.90 Å². The van der Waals surface area contributed by atoms with Gasteiger partial charge in [0.1, 0.15) is 5.54 Å². The third kappa shape index (κ3) is 5.06. The first-order chi connectivity index (χ1) is 9.04. The quantitative estimate of drug-likeness (QED) is 0.498. The molecule has 1 unspecified atom stereocenters. The van der Waals surface area contributed by atoms with Crippen molar-refractivity contribution in [1.82, 2.24) is 4.90 Å². The highest BCUT2D eigenvalue weighted by molar-refractivity contribution is 5.85. The molecule has 0 aromatic carbocycles. The van der Waals surface area contributed by atoms with E-state index >= 15 is 0 Å². The Balaban J connectivity index is 2.54. The molecule has 0 heterocycles. The smallest absolute Gasteiger partial charge is 0.239 e. The number of ether oxygens (including phenoxy) is 2. The molecule has 1 aliphatic rings. The van der Waals surface area contributed by atoms with Crippen LogP contribution < -0.4 is 11.5 Å². The summed E-state index contributed by atoms with van der Waals surface area (Å²) >= 11 is 0. The molecule has 0 aromatic heterocycles. The van der Waals surface area contributed by atoms with Gasteiger partial charge in [0.05, 0.1) is 6.61 Å². The van der Waals surface area contributed by atoms with Gasteiger partial charge >= 0.3 is 0 Å². The maximum atomic E-state index is 11.7. The highest BCUT2D eigenvalue weighted by Gasteiger charge is 2.47. The minimum absolute atomic E-state index is 0.234. The number of carbonyl (C=O) groups is 1. The Kier molecular flexibility index (Phi) is 6.71. The summed E-state index contributed by atoms with van der Waals surface area (Å²) in [6.45, 7) is 3.39. The molecule has 1 saturated carbocycles. The van der Waals surface area contributed by atoms with Gasteiger partial charge in [0.2, 0.25) is 5.91 Å². The maximum Gasteiger partial charge on any atom is 0.239 e. The van der Waals surface area contributed by atoms with Crippen molar-refractivity contribution in [1.29, 1.82) is 0 Å². The predicted octanol–water partition coefficient (Wildman–Crippen LogP) is -0.436. The van der Waals surface area contributed by atoms with E-state index in [1.165, 1.54) is 0 Å². The van der Waals surface area contributed by atoms with E-state index in [9.17, 15) is 4.79 Å². The molecule has 0 bridgehead atoms. The Morgan fingerprint density at radius 1 is 1.26 bits per heavy atom. The number of hydrogen-bond acceptors (Lipinski definition) is 5. The van der Waals surface area contributed by atoms with E-state index in [0.717, 1.165) is 32.4 Å². The number of amides is 1. The first-order valence-corrected chi connectivity index (χ1v) is 6.83. The fourth-order valence-electron chi connectivity index (χ4n) is 2.30. The maximum absolute atomic E-state index is 11.7. The summed E-state index contributed by atoms with van der Waals surface area (Å²) in [5.41, 5.74) is 10.8. The number of hydrogen-bond donors (Lipinski definition) is 2. The van der Waals surface area contributed by atoms with E-state index in [0.29, 0.717) is 19.8 Å². The van der Waals surface area contributed by atoms with Crippen LogP contribution in [0.2, 0.25) is 0 Å². The molecular formula is C13H27N3O3. The van der Waals surface area contributed by atoms with Gasteiger partial charge in [-0.25, -0.2) is 0 Å². The molecule has 1 rings (SSSR count). The van der Waals surface area contributed by atoms with Crippen molar-refractivity contribution < 1.29 is 14.3 Å². The number of nitrogens with zero attached hydrogens (tertiary/aromatic N) is 1. The molecule has 0 saturated heterocycles. The highest BCUT2D eigenvalue weighted by Crippen LogP contribution is 2.38. The van der Waals surface area contributed by atoms with Crippen molar-refractivity contribution in [3.63, 3.8) is 0 Å². The summed E-state index contributed by atoms with van der Waals surface area (Å²) in [6, 6.07) is 0. The summed E-state index contributed by atoms with van der Waals surface area (Å²) in [6.07, 6.45) is 2.89. The number of nitrogens with two attached hydrogens (primary N) is 2. The lowest BCUT2D eigenvalue weighted by molar-refractivity contribution is -0.124. The Morgan fingerprint density at radius 2 is 1.89 bits per heavy atom. The Labute approximate surface area is 115 Å². The predicted molar refractivity (Wildman–Crippen MR) is 73.6 cm³/mol. The SMILES string of the molecule is COCCCN(CCOC)CC(N)(C(N)=O)C1CC1. The topological polar surface area (TPSA) is 90.8 Å². The first-order valence-electron chi connectivity index (χ1n) is 6.83. The van der Waals surface area contributed by atoms with Crippen LogP contribution >= 0.6 is 0 Å². The van der Waals surface area contributed by atoms with Crippen molar-refractivity contribution in [3.8, 4) is 0 Å². The fourth-order valence-corrected chi connectivity index (χ4v) is 2.30. The third-order valence-corrected chi connectivity index (χ3v) is 3.68. The van der Waals surface area contributed by atoms with E-state index in [1.54, 1.807) is 14.2 Å². The number of rotatable bonds is 11. The Morgan fingerprint density at radius 3 is 2.37 bits per heavy atom. The summed E-state index contributed by atoms with van der Waals surface area (Å²) in [5, 5.41) is 0. The lowest BCUT2D eigenvalue weighted by Gasteiger charge is -2.33. The van der Waals surface area contributed by atoms with Crippen LogP contribution in [0.25, 0.3) is 0 Å². The summed E-state index contributed by atoms with van der Waals surface area (Å²) in [5.74, 6) is -0.165. The first kappa shape index (κ1) is 16.4. The van der Waals surface area contributed by atoms with Crippen LogP contribution in [0.3, 0.4) is 0 Å². The minimum atomic E-state index is -0.902. The fraction of sp³-hybridized carbons (Fsp3) is 0.923. The lowest BCUT2D eigenvalue weighted by Crippen LogP contribution is -2.61. The Bertz CT molecular complexity index is 284. The van der Waals surface area contributed by atoms with Crippen molar-refractivity contribution in [2.45, 2.75) is 24.8 Å². The van der Waals surface area contributed by atoms with Crippen LogP contribution in [-0.2, 0) is 14.3 Å². The molecule has 0 aromatic rings. The molecule has 19 heavy (non-hydrogen) atoms. The highest BCUT2D eigenvalue weighted by atomic mass is 16.5. The largest absolute Gasteiger partial charge is 0.385 e. The molecule has 1 atom stereocenters. The molecule has 0 aliphatic heterocycles. The molecule has 0 radical (unpaired) electrons. The van der Waals surface area contributed by atoms with Crippen LogP contribution in [0.15, 0.2) is 0 Å². The zero-order chi connectivity index (χ0) is 14.3. The second-order valence-corrected chi connectivity index (χ2v) is 5.29. The second-order valence-electron chi connectivity index (χ2n) is 5.29. The van der Waals surface area contributed by atoms with Crippen molar-refractivity contribution in [3.05, 3.63) is 0 Å². The van der Waals surface area contributed by atoms with Crippen molar-refractivity contribution >= 4 is 5.91 Å². The van der Waals surface area contributed by atoms with Crippen LogP contribution in [0.5, 0.6) is 0 Å². The van der Waals surface area contributed by atoms with E-state index in [-0.39, 0.29) is 5.92 Å². The standard InChI is InChI=1S/C13H27N3O3/c1-18-8-3-6-16(7-9-19-2)10-13(15,12(14)17)11-4-5-11/h11H,3-10,15H2,1-2H3,(H2,14,17). The number of methoxy groups -OCH3 is 2. The lowest BCUT2D eigenvalue weighted by atomic mass is 9.92. The molecule has 1 amide bonds. The van der Waals surface area contributed by atoms with Gasteiger partial charge in [-0.2, -0.15) is 0 Å². The van der Waals surface area contributed by atoms with Crippen molar-refractivity contribution in [2.24, 2.45) is 17.4 Å². The van der Waals surface area contributed by atoms with E-state index in [1.807, 2.05) is 0 Å². The van der Waals surface area contributed by atoms with E-state index < -0.39 is 11.4 Å². The molecular weight excluding hydrogens is 246 g/mol. The molecule has 6 nitrogen and oxygen atoms in total. The van der Waals surface area contributed by atoms with Gasteiger partial charge in [-0.05, 0) is 25.2 Å². The van der Waals surface area contributed by atoms with Gasteiger partial charge in [0.25, 0.3) is 0 Å². The molecule has 1 aliphatic carbocycles. The van der Waals surface area contributed by atoms with Crippen molar-refractivity contribution in [2.75, 3.05) is 47.1 Å². The average Bonchev–Trinajstić information content (AvgIpc) is 3.20. The summed E-state index contributed by atoms with van der Waals surface area (Å²) in [7, 11) is 3.35. The summed E-state index contributed by atoms with van der Waals surface area (Å²) < 4.78 is 10.2. The van der Waals surface area contributed by atoms with Gasteiger partial charge < -0.3 is 20.9 Å². The number of primary amides is 1. The molecule has 112 valence electrons. The molecule has 1 fully saturated rings. The zero-order valence-electron chi connectivity index (χ0n) is 12.1. The zero-order valence-corrected chi connectivity index (χ0v) is 12.1. The van der Waals surface area contributed by atoms with Gasteiger partial charge in [-0.1, -0.05) is 0 Å². The van der Waals surface area contributed by atoms with Crippen LogP contribution in [0.4, 0.5) is 0 Å². The van der Waals surface area contributed by atoms with Gasteiger partial charge in [-0.3, -0.25) is 9.69 Å². The second kappa shape index (κ2) is 7.79. The normalized spacial score (nSPS) is 18.5.